The van der Waals surface area contributed by atoms with Crippen molar-refractivity contribution in [3.05, 3.63) is 58.1 Å². The van der Waals surface area contributed by atoms with Crippen LogP contribution >= 0.6 is 15.9 Å². The molecule has 0 atom stereocenters. The Morgan fingerprint density at radius 1 is 1.05 bits per heavy atom. The number of carbonyl (C=O) groups excluding carboxylic acids is 1. The molecule has 0 N–H and O–H groups in total. The third-order valence-electron chi connectivity index (χ3n) is 2.81. The van der Waals surface area contributed by atoms with Gasteiger partial charge in [-0.3, -0.25) is 4.79 Å². The Kier molecular flexibility index (Phi) is 5.02. The second kappa shape index (κ2) is 6.96. The van der Waals surface area contributed by atoms with Crippen molar-refractivity contribution >= 4 is 21.7 Å². The third kappa shape index (κ3) is 3.65. The van der Waals surface area contributed by atoms with Gasteiger partial charge in [-0.05, 0) is 40.0 Å². The molecule has 0 aliphatic carbocycles. The molecular weight excluding hydrogens is 332 g/mol. The van der Waals surface area contributed by atoms with E-state index in [2.05, 4.69) is 27.8 Å². The number of carbonyl (C=O) groups is 1. The summed E-state index contributed by atoms with van der Waals surface area (Å²) < 4.78 is 11.1. The largest absolute Gasteiger partial charge is 0.496 e. The fraction of sp³-hybridized carbons (Fsp3) is 0.118. The van der Waals surface area contributed by atoms with Crippen molar-refractivity contribution in [2.45, 2.75) is 0 Å². The van der Waals surface area contributed by atoms with E-state index in [1.807, 2.05) is 30.3 Å². The van der Waals surface area contributed by atoms with Gasteiger partial charge in [0.15, 0.2) is 0 Å². The van der Waals surface area contributed by atoms with Crippen LogP contribution in [-0.4, -0.2) is 20.0 Å². The lowest BCUT2D eigenvalue weighted by Gasteiger charge is -2.09. The molecule has 106 valence electrons. The number of halogens is 1. The van der Waals surface area contributed by atoms with Gasteiger partial charge in [-0.15, -0.1) is 0 Å². The second-order valence-corrected chi connectivity index (χ2v) is 4.99. The number of methoxy groups -OCH3 is 2. The monoisotopic (exact) mass is 344 g/mol. The SMILES string of the molecule is COc1cc(OC)c(C(=O)C#Cc2ccccc2)cc1Br. The molecular formula is C17H13BrO3. The van der Waals surface area contributed by atoms with Crippen molar-refractivity contribution in [3.63, 3.8) is 0 Å². The molecule has 0 fully saturated rings. The summed E-state index contributed by atoms with van der Waals surface area (Å²) in [7, 11) is 3.06. The summed E-state index contributed by atoms with van der Waals surface area (Å²) in [6.07, 6.45) is 0. The molecule has 0 bridgehead atoms. The maximum Gasteiger partial charge on any atom is 0.240 e. The predicted molar refractivity (Wildman–Crippen MR) is 84.9 cm³/mol. The van der Waals surface area contributed by atoms with E-state index in [-0.39, 0.29) is 5.78 Å². The zero-order valence-electron chi connectivity index (χ0n) is 11.6. The first-order chi connectivity index (χ1) is 10.2. The average molecular weight is 345 g/mol. The van der Waals surface area contributed by atoms with Gasteiger partial charge in [0.1, 0.15) is 11.5 Å². The smallest absolute Gasteiger partial charge is 0.240 e. The molecule has 0 unspecified atom stereocenters. The van der Waals surface area contributed by atoms with Crippen LogP contribution in [0, 0.1) is 11.8 Å². The molecule has 4 heteroatoms. The lowest BCUT2D eigenvalue weighted by atomic mass is 10.1. The van der Waals surface area contributed by atoms with Gasteiger partial charge in [0.25, 0.3) is 0 Å². The van der Waals surface area contributed by atoms with Crippen LogP contribution in [-0.2, 0) is 0 Å². The van der Waals surface area contributed by atoms with E-state index in [1.165, 1.54) is 7.11 Å². The molecule has 0 aliphatic heterocycles. The Bertz CT molecular complexity index is 712. The van der Waals surface area contributed by atoms with E-state index in [0.717, 1.165) is 5.56 Å². The van der Waals surface area contributed by atoms with Crippen molar-refractivity contribution in [2.24, 2.45) is 0 Å². The predicted octanol–water partition coefficient (Wildman–Crippen LogP) is 3.70. The molecule has 0 amide bonds. The summed E-state index contributed by atoms with van der Waals surface area (Å²) in [6.45, 7) is 0. The number of Topliss-reactive ketones (excluding diaryl/α,β-unsaturated/α-hetero) is 1. The Morgan fingerprint density at radius 3 is 2.33 bits per heavy atom. The van der Waals surface area contributed by atoms with Gasteiger partial charge in [0, 0.05) is 11.6 Å². The summed E-state index contributed by atoms with van der Waals surface area (Å²) in [5.74, 6) is 6.19. The van der Waals surface area contributed by atoms with Gasteiger partial charge >= 0.3 is 0 Å². The van der Waals surface area contributed by atoms with Crippen LogP contribution in [0.5, 0.6) is 11.5 Å². The molecule has 0 radical (unpaired) electrons. The Labute approximate surface area is 132 Å². The van der Waals surface area contributed by atoms with E-state index in [0.29, 0.717) is 21.5 Å². The molecule has 2 aromatic rings. The summed E-state index contributed by atoms with van der Waals surface area (Å²) in [6, 6.07) is 12.7. The van der Waals surface area contributed by atoms with Crippen molar-refractivity contribution in [1.29, 1.82) is 0 Å². The van der Waals surface area contributed by atoms with Crippen molar-refractivity contribution in [3.8, 4) is 23.3 Å². The molecule has 21 heavy (non-hydrogen) atoms. The number of hydrogen-bond acceptors (Lipinski definition) is 3. The Hall–Kier alpha value is -2.25. The Balaban J connectivity index is 2.36. The van der Waals surface area contributed by atoms with Gasteiger partial charge < -0.3 is 9.47 Å². The van der Waals surface area contributed by atoms with E-state index in [9.17, 15) is 4.79 Å². The summed E-state index contributed by atoms with van der Waals surface area (Å²) in [5, 5.41) is 0. The minimum Gasteiger partial charge on any atom is -0.496 e. The highest BCUT2D eigenvalue weighted by Crippen LogP contribution is 2.32. The number of benzene rings is 2. The van der Waals surface area contributed by atoms with E-state index < -0.39 is 0 Å². The van der Waals surface area contributed by atoms with Crippen LogP contribution in [0.3, 0.4) is 0 Å². The van der Waals surface area contributed by atoms with Gasteiger partial charge in [-0.25, -0.2) is 0 Å². The summed E-state index contributed by atoms with van der Waals surface area (Å²) in [5.41, 5.74) is 1.19. The third-order valence-corrected chi connectivity index (χ3v) is 3.43. The van der Waals surface area contributed by atoms with Crippen LogP contribution in [0.4, 0.5) is 0 Å². The molecule has 0 aromatic heterocycles. The number of hydrogen-bond donors (Lipinski definition) is 0. The number of ether oxygens (including phenoxy) is 2. The van der Waals surface area contributed by atoms with Gasteiger partial charge in [-0.1, -0.05) is 24.1 Å². The fourth-order valence-corrected chi connectivity index (χ4v) is 2.26. The van der Waals surface area contributed by atoms with Crippen LogP contribution in [0.25, 0.3) is 0 Å². The van der Waals surface area contributed by atoms with Gasteiger partial charge in [-0.2, -0.15) is 0 Å². The highest BCUT2D eigenvalue weighted by molar-refractivity contribution is 9.10. The minimum absolute atomic E-state index is 0.306. The maximum absolute atomic E-state index is 12.2. The van der Waals surface area contributed by atoms with Crippen molar-refractivity contribution in [1.82, 2.24) is 0 Å². The summed E-state index contributed by atoms with van der Waals surface area (Å²) in [4.78, 5) is 12.2. The molecule has 0 heterocycles. The highest BCUT2D eigenvalue weighted by atomic mass is 79.9. The molecule has 0 saturated carbocycles. The van der Waals surface area contributed by atoms with Gasteiger partial charge in [0.2, 0.25) is 5.78 Å². The van der Waals surface area contributed by atoms with Crippen LogP contribution in [0.2, 0.25) is 0 Å². The quantitative estimate of drug-likeness (QED) is 0.629. The minimum atomic E-state index is -0.306. The molecule has 0 saturated heterocycles. The standard InChI is InChI=1S/C17H13BrO3/c1-20-16-11-17(21-2)14(18)10-13(16)15(19)9-8-12-6-4-3-5-7-12/h3-7,10-11H,1-2H3. The first kappa shape index (κ1) is 15.1. The van der Waals surface area contributed by atoms with Gasteiger partial charge in [0.05, 0.1) is 24.3 Å². The highest BCUT2D eigenvalue weighted by Gasteiger charge is 2.14. The first-order valence-electron chi connectivity index (χ1n) is 6.18. The van der Waals surface area contributed by atoms with Crippen LogP contribution in [0.1, 0.15) is 15.9 Å². The molecule has 2 rings (SSSR count). The van der Waals surface area contributed by atoms with Crippen molar-refractivity contribution < 1.29 is 14.3 Å². The maximum atomic E-state index is 12.2. The zero-order chi connectivity index (χ0) is 15.2. The van der Waals surface area contributed by atoms with E-state index >= 15 is 0 Å². The first-order valence-corrected chi connectivity index (χ1v) is 6.98. The molecule has 3 nitrogen and oxygen atoms in total. The second-order valence-electron chi connectivity index (χ2n) is 4.13. The lowest BCUT2D eigenvalue weighted by molar-refractivity contribution is 0.105. The average Bonchev–Trinajstić information content (AvgIpc) is 2.53. The normalized spacial score (nSPS) is 9.48. The molecule has 0 aliphatic rings. The van der Waals surface area contributed by atoms with Crippen LogP contribution < -0.4 is 9.47 Å². The van der Waals surface area contributed by atoms with E-state index in [4.69, 9.17) is 9.47 Å². The Morgan fingerprint density at radius 2 is 1.71 bits per heavy atom. The number of rotatable bonds is 3. The zero-order valence-corrected chi connectivity index (χ0v) is 13.2. The van der Waals surface area contributed by atoms with Crippen LogP contribution in [0.15, 0.2) is 46.9 Å². The lowest BCUT2D eigenvalue weighted by Crippen LogP contribution is -2.01. The molecule has 0 spiro atoms. The van der Waals surface area contributed by atoms with E-state index in [1.54, 1.807) is 19.2 Å². The van der Waals surface area contributed by atoms with Crippen molar-refractivity contribution in [2.75, 3.05) is 14.2 Å². The molecule has 2 aromatic carbocycles. The topological polar surface area (TPSA) is 35.5 Å². The number of ketones is 1. The summed E-state index contributed by atoms with van der Waals surface area (Å²) >= 11 is 3.35. The fourth-order valence-electron chi connectivity index (χ4n) is 1.76.